The van der Waals surface area contributed by atoms with Crippen LogP contribution in [-0.4, -0.2) is 26.9 Å². The lowest BCUT2D eigenvalue weighted by atomic mass is 10.1. The van der Waals surface area contributed by atoms with Crippen LogP contribution in [-0.2, 0) is 21.2 Å². The van der Waals surface area contributed by atoms with Gasteiger partial charge in [0.2, 0.25) is 0 Å². The molecule has 0 atom stereocenters. The maximum atomic E-state index is 13.9. The number of hydrogen-bond donors (Lipinski definition) is 0. The fourth-order valence-electron chi connectivity index (χ4n) is 3.97. The number of anilines is 1. The summed E-state index contributed by atoms with van der Waals surface area (Å²) in [4.78, 5) is 26.3. The molecule has 0 aliphatic heterocycles. The van der Waals surface area contributed by atoms with Gasteiger partial charge in [-0.1, -0.05) is 36.8 Å². The quantitative estimate of drug-likeness (QED) is 0.294. The average Bonchev–Trinajstić information content (AvgIpc) is 3.19. The molecule has 0 saturated heterocycles. The molecule has 0 N–H and O–H groups in total. The van der Waals surface area contributed by atoms with Crippen molar-refractivity contribution in [3.8, 4) is 0 Å². The van der Waals surface area contributed by atoms with Crippen LogP contribution in [0.15, 0.2) is 76.0 Å². The highest BCUT2D eigenvalue weighted by atomic mass is 32.2. The predicted molar refractivity (Wildman–Crippen MR) is 138 cm³/mol. The first-order valence-corrected chi connectivity index (χ1v) is 13.1. The summed E-state index contributed by atoms with van der Waals surface area (Å²) >= 11 is 0. The van der Waals surface area contributed by atoms with Gasteiger partial charge in [0.05, 0.1) is 17.2 Å². The molecule has 0 unspecified atom stereocenters. The standard InChI is InChI=1S/C28H27NO6S/c1-5-20-9-14-23(15-10-20)36(32,33)29(27(30)21-11-7-18(3)8-12-21)22-13-16-25-24(17-22)26(19(4)35-25)28(31)34-6-2/h7-17H,5-6H2,1-4H3. The lowest BCUT2D eigenvalue weighted by Crippen LogP contribution is -2.37. The van der Waals surface area contributed by atoms with Crippen molar-refractivity contribution in [1.29, 1.82) is 0 Å². The molecule has 7 nitrogen and oxygen atoms in total. The fraction of sp³-hybridized carbons (Fsp3) is 0.214. The Morgan fingerprint density at radius 3 is 2.19 bits per heavy atom. The van der Waals surface area contributed by atoms with E-state index in [2.05, 4.69) is 0 Å². The number of furan rings is 1. The number of esters is 1. The summed E-state index contributed by atoms with van der Waals surface area (Å²) in [5, 5.41) is 0.363. The molecular formula is C28H27NO6S. The van der Waals surface area contributed by atoms with Crippen LogP contribution in [0, 0.1) is 13.8 Å². The lowest BCUT2D eigenvalue weighted by molar-refractivity contribution is 0.0526. The maximum Gasteiger partial charge on any atom is 0.342 e. The van der Waals surface area contributed by atoms with Crippen LogP contribution in [0.25, 0.3) is 11.0 Å². The first kappa shape index (κ1) is 25.2. The molecule has 8 heteroatoms. The Morgan fingerprint density at radius 1 is 0.917 bits per heavy atom. The average molecular weight is 506 g/mol. The molecule has 4 rings (SSSR count). The normalized spacial score (nSPS) is 11.4. The summed E-state index contributed by atoms with van der Waals surface area (Å²) in [6, 6.07) is 17.6. The van der Waals surface area contributed by atoms with E-state index >= 15 is 0 Å². The van der Waals surface area contributed by atoms with E-state index in [-0.39, 0.29) is 28.3 Å². The second kappa shape index (κ2) is 9.99. The van der Waals surface area contributed by atoms with Crippen LogP contribution in [0.1, 0.15) is 51.5 Å². The van der Waals surface area contributed by atoms with Crippen LogP contribution in [0.3, 0.4) is 0 Å². The SMILES string of the molecule is CCOC(=O)c1c(C)oc2ccc(N(C(=O)c3ccc(C)cc3)S(=O)(=O)c3ccc(CC)cc3)cc12. The van der Waals surface area contributed by atoms with Gasteiger partial charge in [-0.15, -0.1) is 0 Å². The largest absolute Gasteiger partial charge is 0.462 e. The van der Waals surface area contributed by atoms with Gasteiger partial charge in [-0.05, 0) is 75.2 Å². The van der Waals surface area contributed by atoms with Crippen molar-refractivity contribution < 1.29 is 27.2 Å². The topological polar surface area (TPSA) is 93.9 Å². The molecular weight excluding hydrogens is 478 g/mol. The number of ether oxygens (including phenoxy) is 1. The van der Waals surface area contributed by atoms with Gasteiger partial charge >= 0.3 is 5.97 Å². The molecule has 3 aromatic carbocycles. The molecule has 0 saturated carbocycles. The third-order valence-corrected chi connectivity index (χ3v) is 7.64. The minimum absolute atomic E-state index is 0.0192. The van der Waals surface area contributed by atoms with Gasteiger partial charge in [-0.3, -0.25) is 4.79 Å². The number of carbonyl (C=O) groups excluding carboxylic acids is 2. The van der Waals surface area contributed by atoms with Crippen molar-refractivity contribution in [2.75, 3.05) is 10.9 Å². The highest BCUT2D eigenvalue weighted by molar-refractivity contribution is 7.93. The maximum absolute atomic E-state index is 13.9. The minimum Gasteiger partial charge on any atom is -0.462 e. The van der Waals surface area contributed by atoms with Crippen molar-refractivity contribution in [2.24, 2.45) is 0 Å². The second-order valence-electron chi connectivity index (χ2n) is 8.37. The summed E-state index contributed by atoms with van der Waals surface area (Å²) in [6.45, 7) is 7.35. The van der Waals surface area contributed by atoms with Crippen LogP contribution in [0.5, 0.6) is 0 Å². The number of hydrogen-bond acceptors (Lipinski definition) is 6. The van der Waals surface area contributed by atoms with Gasteiger partial charge in [0.1, 0.15) is 16.9 Å². The monoisotopic (exact) mass is 505 g/mol. The molecule has 0 radical (unpaired) electrons. The van der Waals surface area contributed by atoms with Crippen LogP contribution >= 0.6 is 0 Å². The van der Waals surface area contributed by atoms with Crippen molar-refractivity contribution in [3.05, 3.63) is 94.7 Å². The molecule has 0 aliphatic carbocycles. The Labute approximate surface area is 210 Å². The van der Waals surface area contributed by atoms with E-state index in [4.69, 9.17) is 9.15 Å². The van der Waals surface area contributed by atoms with Gasteiger partial charge in [0.15, 0.2) is 0 Å². The van der Waals surface area contributed by atoms with E-state index in [1.54, 1.807) is 56.3 Å². The zero-order chi connectivity index (χ0) is 26.0. The molecule has 0 bridgehead atoms. The van der Waals surface area contributed by atoms with Gasteiger partial charge in [-0.2, -0.15) is 4.31 Å². The van der Waals surface area contributed by atoms with Crippen LogP contribution in [0.4, 0.5) is 5.69 Å². The molecule has 1 heterocycles. The first-order valence-electron chi connectivity index (χ1n) is 11.6. The van der Waals surface area contributed by atoms with E-state index in [0.29, 0.717) is 16.7 Å². The van der Waals surface area contributed by atoms with E-state index in [9.17, 15) is 18.0 Å². The summed E-state index contributed by atoms with van der Waals surface area (Å²) < 4.78 is 39.4. The zero-order valence-corrected chi connectivity index (χ0v) is 21.4. The molecule has 1 aromatic heterocycles. The van der Waals surface area contributed by atoms with Crippen LogP contribution in [0.2, 0.25) is 0 Å². The number of carbonyl (C=O) groups is 2. The first-order chi connectivity index (χ1) is 17.2. The molecule has 36 heavy (non-hydrogen) atoms. The Kier molecular flexibility index (Phi) is 6.99. The number of rotatable bonds is 7. The van der Waals surface area contributed by atoms with E-state index in [0.717, 1.165) is 21.9 Å². The number of fused-ring (bicyclic) bond motifs is 1. The number of amides is 1. The van der Waals surface area contributed by atoms with Gasteiger partial charge in [-0.25, -0.2) is 13.2 Å². The molecule has 1 amide bonds. The predicted octanol–water partition coefficient (Wildman–Crippen LogP) is 5.82. The van der Waals surface area contributed by atoms with E-state index in [1.165, 1.54) is 24.3 Å². The molecule has 4 aromatic rings. The lowest BCUT2D eigenvalue weighted by Gasteiger charge is -2.23. The van der Waals surface area contributed by atoms with Crippen molar-refractivity contribution in [3.63, 3.8) is 0 Å². The van der Waals surface area contributed by atoms with Crippen molar-refractivity contribution >= 4 is 38.6 Å². The molecule has 0 spiro atoms. The van der Waals surface area contributed by atoms with Crippen molar-refractivity contribution in [1.82, 2.24) is 0 Å². The van der Waals surface area contributed by atoms with Crippen LogP contribution < -0.4 is 4.31 Å². The van der Waals surface area contributed by atoms with Gasteiger partial charge in [0.25, 0.3) is 15.9 Å². The Balaban J connectivity index is 1.92. The fourth-order valence-corrected chi connectivity index (χ4v) is 5.38. The summed E-state index contributed by atoms with van der Waals surface area (Å²) in [6.07, 6.45) is 0.749. The summed E-state index contributed by atoms with van der Waals surface area (Å²) in [5.74, 6) is -0.956. The number of benzene rings is 3. The Bertz CT molecular complexity index is 1530. The molecule has 186 valence electrons. The highest BCUT2D eigenvalue weighted by Crippen LogP contribution is 2.33. The van der Waals surface area contributed by atoms with E-state index in [1.807, 2.05) is 13.8 Å². The van der Waals surface area contributed by atoms with E-state index < -0.39 is 21.9 Å². The Hall–Kier alpha value is -3.91. The highest BCUT2D eigenvalue weighted by Gasteiger charge is 2.33. The number of sulfonamides is 1. The number of nitrogens with zero attached hydrogens (tertiary/aromatic N) is 1. The number of aryl methyl sites for hydroxylation is 3. The molecule has 0 fully saturated rings. The minimum atomic E-state index is -4.30. The smallest absolute Gasteiger partial charge is 0.342 e. The second-order valence-corrected chi connectivity index (χ2v) is 10.2. The third-order valence-electron chi connectivity index (χ3n) is 5.91. The summed E-state index contributed by atoms with van der Waals surface area (Å²) in [5.41, 5.74) is 2.78. The Morgan fingerprint density at radius 2 is 1.58 bits per heavy atom. The van der Waals surface area contributed by atoms with Crippen molar-refractivity contribution in [2.45, 2.75) is 39.0 Å². The van der Waals surface area contributed by atoms with Gasteiger partial charge in [0, 0.05) is 10.9 Å². The molecule has 0 aliphatic rings. The third kappa shape index (κ3) is 4.64. The summed E-state index contributed by atoms with van der Waals surface area (Å²) in [7, 11) is -4.30. The van der Waals surface area contributed by atoms with Gasteiger partial charge < -0.3 is 9.15 Å². The zero-order valence-electron chi connectivity index (χ0n) is 20.6.